The first kappa shape index (κ1) is 14.8. The van der Waals surface area contributed by atoms with Crippen molar-refractivity contribution in [3.8, 4) is 0 Å². The molecule has 0 radical (unpaired) electrons. The summed E-state index contributed by atoms with van der Waals surface area (Å²) in [5.74, 6) is 0. The number of halogens is 1. The second-order valence-electron chi connectivity index (χ2n) is 5.23. The summed E-state index contributed by atoms with van der Waals surface area (Å²) in [5, 5.41) is 0. The van der Waals surface area contributed by atoms with Crippen molar-refractivity contribution < 1.29 is 0 Å². The standard InChI is InChI=1S/C14H20BrN3S/c1-17(2)11-4-3-7-18(9-11)10-5-6-12(14(16)19)13(15)8-10/h5-6,8,11H,3-4,7,9H2,1-2H3,(H2,16,19). The first-order chi connectivity index (χ1) is 8.99. The molecule has 0 aliphatic carbocycles. The number of hydrogen-bond donors (Lipinski definition) is 1. The molecule has 1 saturated heterocycles. The van der Waals surface area contributed by atoms with Crippen molar-refractivity contribution >= 4 is 38.8 Å². The molecule has 19 heavy (non-hydrogen) atoms. The van der Waals surface area contributed by atoms with E-state index >= 15 is 0 Å². The average Bonchev–Trinajstić information content (AvgIpc) is 2.38. The molecular weight excluding hydrogens is 322 g/mol. The van der Waals surface area contributed by atoms with Crippen LogP contribution in [0.25, 0.3) is 0 Å². The lowest BCUT2D eigenvalue weighted by Gasteiger charge is -2.37. The topological polar surface area (TPSA) is 32.5 Å². The highest BCUT2D eigenvalue weighted by atomic mass is 79.9. The average molecular weight is 342 g/mol. The maximum Gasteiger partial charge on any atom is 0.105 e. The van der Waals surface area contributed by atoms with E-state index in [2.05, 4.69) is 52.0 Å². The zero-order valence-electron chi connectivity index (χ0n) is 11.4. The molecule has 2 N–H and O–H groups in total. The molecule has 0 spiro atoms. The molecule has 1 aliphatic rings. The minimum atomic E-state index is 0.434. The Morgan fingerprint density at radius 1 is 1.47 bits per heavy atom. The quantitative estimate of drug-likeness (QED) is 0.856. The normalized spacial score (nSPS) is 19.8. The van der Waals surface area contributed by atoms with Gasteiger partial charge in [-0.1, -0.05) is 12.2 Å². The van der Waals surface area contributed by atoms with Crippen LogP contribution in [0.3, 0.4) is 0 Å². The van der Waals surface area contributed by atoms with E-state index in [1.807, 2.05) is 6.07 Å². The van der Waals surface area contributed by atoms with Crippen molar-refractivity contribution in [3.05, 3.63) is 28.2 Å². The van der Waals surface area contributed by atoms with Gasteiger partial charge in [0.2, 0.25) is 0 Å². The van der Waals surface area contributed by atoms with Gasteiger partial charge in [0.1, 0.15) is 4.99 Å². The molecule has 2 rings (SSSR count). The lowest BCUT2D eigenvalue weighted by Crippen LogP contribution is -2.45. The van der Waals surface area contributed by atoms with Gasteiger partial charge < -0.3 is 15.5 Å². The van der Waals surface area contributed by atoms with E-state index in [4.69, 9.17) is 18.0 Å². The van der Waals surface area contributed by atoms with Gasteiger partial charge in [0.15, 0.2) is 0 Å². The SMILES string of the molecule is CN(C)C1CCCN(c2ccc(C(N)=S)c(Br)c2)C1. The monoisotopic (exact) mass is 341 g/mol. The van der Waals surface area contributed by atoms with Crippen LogP contribution in [0.4, 0.5) is 5.69 Å². The lowest BCUT2D eigenvalue weighted by molar-refractivity contribution is 0.258. The molecule has 3 nitrogen and oxygen atoms in total. The summed E-state index contributed by atoms with van der Waals surface area (Å²) < 4.78 is 0.976. The van der Waals surface area contributed by atoms with E-state index in [0.29, 0.717) is 11.0 Å². The highest BCUT2D eigenvalue weighted by molar-refractivity contribution is 9.10. The number of piperidine rings is 1. The number of anilines is 1. The fourth-order valence-electron chi connectivity index (χ4n) is 2.51. The highest BCUT2D eigenvalue weighted by Crippen LogP contribution is 2.27. The predicted octanol–water partition coefficient (Wildman–Crippen LogP) is 2.61. The van der Waals surface area contributed by atoms with Crippen molar-refractivity contribution in [2.45, 2.75) is 18.9 Å². The Labute approximate surface area is 128 Å². The maximum atomic E-state index is 5.69. The van der Waals surface area contributed by atoms with E-state index in [1.165, 1.54) is 18.5 Å². The van der Waals surface area contributed by atoms with Crippen LogP contribution in [0, 0.1) is 0 Å². The molecule has 1 fully saturated rings. The fraction of sp³-hybridized carbons (Fsp3) is 0.500. The lowest BCUT2D eigenvalue weighted by atomic mass is 10.0. The van der Waals surface area contributed by atoms with Crippen LogP contribution in [0.5, 0.6) is 0 Å². The van der Waals surface area contributed by atoms with Crippen molar-refractivity contribution in [2.75, 3.05) is 32.1 Å². The Hall–Kier alpha value is -0.650. The van der Waals surface area contributed by atoms with E-state index in [0.717, 1.165) is 23.1 Å². The summed E-state index contributed by atoms with van der Waals surface area (Å²) in [7, 11) is 4.31. The summed E-state index contributed by atoms with van der Waals surface area (Å²) in [5.41, 5.74) is 7.82. The van der Waals surface area contributed by atoms with Gasteiger partial charge in [0, 0.05) is 34.9 Å². The minimum absolute atomic E-state index is 0.434. The molecule has 104 valence electrons. The van der Waals surface area contributed by atoms with E-state index in [-0.39, 0.29) is 0 Å². The molecule has 0 bridgehead atoms. The molecule has 1 heterocycles. The third-order valence-corrected chi connectivity index (χ3v) is 4.59. The molecule has 1 atom stereocenters. The summed E-state index contributed by atoms with van der Waals surface area (Å²) in [6.45, 7) is 2.19. The largest absolute Gasteiger partial charge is 0.389 e. The minimum Gasteiger partial charge on any atom is -0.389 e. The highest BCUT2D eigenvalue weighted by Gasteiger charge is 2.21. The van der Waals surface area contributed by atoms with Crippen LogP contribution < -0.4 is 10.6 Å². The van der Waals surface area contributed by atoms with Gasteiger partial charge in [0.25, 0.3) is 0 Å². The van der Waals surface area contributed by atoms with Gasteiger partial charge in [0.05, 0.1) is 0 Å². The van der Waals surface area contributed by atoms with Crippen molar-refractivity contribution in [3.63, 3.8) is 0 Å². The fourth-order valence-corrected chi connectivity index (χ4v) is 3.40. The Balaban J connectivity index is 2.18. The number of likely N-dealkylation sites (N-methyl/N-ethyl adjacent to an activating group) is 1. The van der Waals surface area contributed by atoms with Crippen molar-refractivity contribution in [1.82, 2.24) is 4.90 Å². The first-order valence-corrected chi connectivity index (χ1v) is 7.70. The molecule has 5 heteroatoms. The Morgan fingerprint density at radius 3 is 2.79 bits per heavy atom. The number of thiocarbonyl (C=S) groups is 1. The van der Waals surface area contributed by atoms with Crippen LogP contribution in [0.15, 0.2) is 22.7 Å². The predicted molar refractivity (Wildman–Crippen MR) is 89.0 cm³/mol. The Bertz CT molecular complexity index is 476. The number of benzene rings is 1. The first-order valence-electron chi connectivity index (χ1n) is 6.50. The zero-order valence-corrected chi connectivity index (χ0v) is 13.8. The van der Waals surface area contributed by atoms with Crippen LogP contribution in [-0.2, 0) is 0 Å². The Morgan fingerprint density at radius 2 is 2.21 bits per heavy atom. The molecule has 0 aromatic heterocycles. The molecule has 1 aromatic carbocycles. The van der Waals surface area contributed by atoms with E-state index in [9.17, 15) is 0 Å². The molecule has 1 aromatic rings. The van der Waals surface area contributed by atoms with Crippen molar-refractivity contribution in [1.29, 1.82) is 0 Å². The summed E-state index contributed by atoms with van der Waals surface area (Å²) in [6.07, 6.45) is 2.51. The molecule has 1 aliphatic heterocycles. The maximum absolute atomic E-state index is 5.69. The van der Waals surface area contributed by atoms with E-state index in [1.54, 1.807) is 0 Å². The summed E-state index contributed by atoms with van der Waals surface area (Å²) in [6, 6.07) is 6.85. The zero-order chi connectivity index (χ0) is 14.0. The van der Waals surface area contributed by atoms with Crippen LogP contribution in [0.2, 0.25) is 0 Å². The van der Waals surface area contributed by atoms with Gasteiger partial charge in [-0.25, -0.2) is 0 Å². The summed E-state index contributed by atoms with van der Waals surface area (Å²) in [4.78, 5) is 5.18. The van der Waals surface area contributed by atoms with Crippen LogP contribution in [0.1, 0.15) is 18.4 Å². The van der Waals surface area contributed by atoms with Crippen molar-refractivity contribution in [2.24, 2.45) is 5.73 Å². The number of nitrogens with zero attached hydrogens (tertiary/aromatic N) is 2. The van der Waals surface area contributed by atoms with Gasteiger partial charge >= 0.3 is 0 Å². The molecule has 0 amide bonds. The van der Waals surface area contributed by atoms with Gasteiger partial charge in [-0.3, -0.25) is 0 Å². The number of hydrogen-bond acceptors (Lipinski definition) is 3. The molecular formula is C14H20BrN3S. The van der Waals surface area contributed by atoms with Crippen LogP contribution >= 0.6 is 28.1 Å². The van der Waals surface area contributed by atoms with Gasteiger partial charge in [-0.15, -0.1) is 0 Å². The van der Waals surface area contributed by atoms with E-state index < -0.39 is 0 Å². The number of nitrogens with two attached hydrogens (primary N) is 1. The molecule has 1 unspecified atom stereocenters. The Kier molecular flexibility index (Phi) is 4.81. The third kappa shape index (κ3) is 3.46. The smallest absolute Gasteiger partial charge is 0.105 e. The second kappa shape index (κ2) is 6.20. The number of rotatable bonds is 3. The van der Waals surface area contributed by atoms with Gasteiger partial charge in [-0.05, 0) is 61.1 Å². The third-order valence-electron chi connectivity index (χ3n) is 3.71. The molecule has 0 saturated carbocycles. The van der Waals surface area contributed by atoms with Gasteiger partial charge in [-0.2, -0.15) is 0 Å². The van der Waals surface area contributed by atoms with Crippen LogP contribution in [-0.4, -0.2) is 43.1 Å². The summed E-state index contributed by atoms with van der Waals surface area (Å²) >= 11 is 8.58. The second-order valence-corrected chi connectivity index (χ2v) is 6.53.